The normalized spacial score (nSPS) is 17.5. The average Bonchev–Trinajstić information content (AvgIpc) is 2.28. The Labute approximate surface area is 108 Å². The van der Waals surface area contributed by atoms with Crippen molar-refractivity contribution >= 4 is 11.9 Å². The first-order valence-corrected chi connectivity index (χ1v) is 6.43. The standard InChI is InChI=1S/C13H23NO4/c1-13(2,3)14(7-4-11(15)16)12(17)10-5-8-18-9-6-10/h10H,4-9H2,1-3H3,(H,15,16). The van der Waals surface area contributed by atoms with Crippen molar-refractivity contribution in [3.63, 3.8) is 0 Å². The fourth-order valence-corrected chi connectivity index (χ4v) is 2.15. The lowest BCUT2D eigenvalue weighted by Crippen LogP contribution is -2.49. The number of carbonyl (C=O) groups excluding carboxylic acids is 1. The summed E-state index contributed by atoms with van der Waals surface area (Å²) >= 11 is 0. The summed E-state index contributed by atoms with van der Waals surface area (Å²) < 4.78 is 5.25. The van der Waals surface area contributed by atoms with Crippen molar-refractivity contribution in [1.82, 2.24) is 4.90 Å². The smallest absolute Gasteiger partial charge is 0.305 e. The third-order valence-corrected chi connectivity index (χ3v) is 3.20. The van der Waals surface area contributed by atoms with Gasteiger partial charge in [0.2, 0.25) is 5.91 Å². The molecule has 18 heavy (non-hydrogen) atoms. The molecule has 1 N–H and O–H groups in total. The van der Waals surface area contributed by atoms with Crippen molar-refractivity contribution < 1.29 is 19.4 Å². The van der Waals surface area contributed by atoms with Gasteiger partial charge >= 0.3 is 5.97 Å². The van der Waals surface area contributed by atoms with Crippen molar-refractivity contribution in [3.8, 4) is 0 Å². The molecule has 0 atom stereocenters. The Hall–Kier alpha value is -1.10. The van der Waals surface area contributed by atoms with E-state index in [2.05, 4.69) is 0 Å². The number of hydrogen-bond donors (Lipinski definition) is 1. The molecule has 0 radical (unpaired) electrons. The van der Waals surface area contributed by atoms with Crippen molar-refractivity contribution in [3.05, 3.63) is 0 Å². The number of rotatable bonds is 4. The topological polar surface area (TPSA) is 66.8 Å². The fourth-order valence-electron chi connectivity index (χ4n) is 2.15. The van der Waals surface area contributed by atoms with Crippen LogP contribution >= 0.6 is 0 Å². The highest BCUT2D eigenvalue weighted by Gasteiger charge is 2.32. The second-order valence-corrected chi connectivity index (χ2v) is 5.69. The number of carboxylic acid groups (broad SMARTS) is 1. The molecule has 5 heteroatoms. The van der Waals surface area contributed by atoms with Crippen molar-refractivity contribution in [2.24, 2.45) is 5.92 Å². The van der Waals surface area contributed by atoms with Crippen LogP contribution in [-0.4, -0.2) is 47.2 Å². The van der Waals surface area contributed by atoms with Gasteiger partial charge in [0, 0.05) is 31.2 Å². The SMILES string of the molecule is CC(C)(C)N(CCC(=O)O)C(=O)C1CCOCC1. The minimum absolute atomic E-state index is 0.00771. The lowest BCUT2D eigenvalue weighted by molar-refractivity contribution is -0.145. The van der Waals surface area contributed by atoms with E-state index in [1.165, 1.54) is 0 Å². The summed E-state index contributed by atoms with van der Waals surface area (Å²) in [7, 11) is 0. The largest absolute Gasteiger partial charge is 0.481 e. The Kier molecular flexibility index (Phi) is 5.14. The Morgan fingerprint density at radius 1 is 1.28 bits per heavy atom. The molecule has 1 fully saturated rings. The first kappa shape index (κ1) is 15.0. The summed E-state index contributed by atoms with van der Waals surface area (Å²) in [6.07, 6.45) is 1.46. The summed E-state index contributed by atoms with van der Waals surface area (Å²) in [6.45, 7) is 7.32. The molecule has 0 aliphatic carbocycles. The van der Waals surface area contributed by atoms with Crippen molar-refractivity contribution in [1.29, 1.82) is 0 Å². The maximum absolute atomic E-state index is 12.4. The monoisotopic (exact) mass is 257 g/mol. The van der Waals surface area contributed by atoms with E-state index in [4.69, 9.17) is 9.84 Å². The van der Waals surface area contributed by atoms with E-state index in [0.717, 1.165) is 12.8 Å². The summed E-state index contributed by atoms with van der Waals surface area (Å²) in [5.74, 6) is -0.831. The molecular formula is C13H23NO4. The van der Waals surface area contributed by atoms with Crippen LogP contribution in [0.15, 0.2) is 0 Å². The first-order chi connectivity index (χ1) is 8.32. The number of nitrogens with zero attached hydrogens (tertiary/aromatic N) is 1. The highest BCUT2D eigenvalue weighted by Crippen LogP contribution is 2.23. The van der Waals surface area contributed by atoms with E-state index in [0.29, 0.717) is 13.2 Å². The molecule has 1 saturated heterocycles. The van der Waals surface area contributed by atoms with Gasteiger partial charge in [0.05, 0.1) is 6.42 Å². The average molecular weight is 257 g/mol. The summed E-state index contributed by atoms with van der Waals surface area (Å²) in [4.78, 5) is 24.8. The molecule has 1 heterocycles. The second kappa shape index (κ2) is 6.18. The molecule has 0 bridgehead atoms. The first-order valence-electron chi connectivity index (χ1n) is 6.43. The van der Waals surface area contributed by atoms with Crippen LogP contribution in [0, 0.1) is 5.92 Å². The zero-order valence-corrected chi connectivity index (χ0v) is 11.4. The van der Waals surface area contributed by atoms with Gasteiger partial charge in [0.25, 0.3) is 0 Å². The summed E-state index contributed by atoms with van der Waals surface area (Å²) in [6, 6.07) is 0. The number of aliphatic carboxylic acids is 1. The quantitative estimate of drug-likeness (QED) is 0.829. The van der Waals surface area contributed by atoms with Crippen molar-refractivity contribution in [2.45, 2.75) is 45.6 Å². The van der Waals surface area contributed by atoms with E-state index < -0.39 is 5.97 Å². The molecule has 0 aromatic carbocycles. The van der Waals surface area contributed by atoms with Crippen molar-refractivity contribution in [2.75, 3.05) is 19.8 Å². The predicted molar refractivity (Wildman–Crippen MR) is 67.3 cm³/mol. The van der Waals surface area contributed by atoms with Crippen LogP contribution in [-0.2, 0) is 14.3 Å². The summed E-state index contributed by atoms with van der Waals surface area (Å²) in [5, 5.41) is 8.76. The number of hydrogen-bond acceptors (Lipinski definition) is 3. The second-order valence-electron chi connectivity index (χ2n) is 5.69. The number of carboxylic acids is 1. The van der Waals surface area contributed by atoms with Gasteiger partial charge in [0.15, 0.2) is 0 Å². The molecule has 0 aromatic rings. The fraction of sp³-hybridized carbons (Fsp3) is 0.846. The number of ether oxygens (including phenoxy) is 1. The molecule has 104 valence electrons. The maximum Gasteiger partial charge on any atom is 0.305 e. The van der Waals surface area contributed by atoms with Gasteiger partial charge in [-0.3, -0.25) is 9.59 Å². The van der Waals surface area contributed by atoms with Crippen LogP contribution in [0.1, 0.15) is 40.0 Å². The number of amides is 1. The molecule has 0 spiro atoms. The minimum Gasteiger partial charge on any atom is -0.481 e. The summed E-state index contributed by atoms with van der Waals surface area (Å²) in [5.41, 5.74) is -0.342. The third kappa shape index (κ3) is 4.29. The van der Waals surface area contributed by atoms with Gasteiger partial charge < -0.3 is 14.7 Å². The van der Waals surface area contributed by atoms with E-state index in [9.17, 15) is 9.59 Å². The van der Waals surface area contributed by atoms with Crippen LogP contribution in [0.4, 0.5) is 0 Å². The molecule has 0 unspecified atom stereocenters. The zero-order chi connectivity index (χ0) is 13.8. The molecule has 1 rings (SSSR count). The van der Waals surface area contributed by atoms with Crippen LogP contribution in [0.25, 0.3) is 0 Å². The Morgan fingerprint density at radius 2 is 1.83 bits per heavy atom. The third-order valence-electron chi connectivity index (χ3n) is 3.20. The van der Waals surface area contributed by atoms with Gasteiger partial charge in [-0.2, -0.15) is 0 Å². The molecule has 0 aromatic heterocycles. The number of carbonyl (C=O) groups is 2. The van der Waals surface area contributed by atoms with Gasteiger partial charge in [-0.15, -0.1) is 0 Å². The predicted octanol–water partition coefficient (Wildman–Crippen LogP) is 1.51. The molecule has 0 saturated carbocycles. The van der Waals surface area contributed by atoms with Gasteiger partial charge in [-0.05, 0) is 33.6 Å². The van der Waals surface area contributed by atoms with Gasteiger partial charge in [-0.1, -0.05) is 0 Å². The molecule has 1 aliphatic heterocycles. The van der Waals surface area contributed by atoms with Crippen LogP contribution in [0.3, 0.4) is 0 Å². The maximum atomic E-state index is 12.4. The highest BCUT2D eigenvalue weighted by atomic mass is 16.5. The lowest BCUT2D eigenvalue weighted by Gasteiger charge is -2.38. The van der Waals surface area contributed by atoms with E-state index >= 15 is 0 Å². The molecule has 5 nitrogen and oxygen atoms in total. The molecule has 1 amide bonds. The van der Waals surface area contributed by atoms with Crippen LogP contribution < -0.4 is 0 Å². The molecule has 1 aliphatic rings. The Morgan fingerprint density at radius 3 is 2.28 bits per heavy atom. The minimum atomic E-state index is -0.871. The van der Waals surface area contributed by atoms with Crippen LogP contribution in [0.2, 0.25) is 0 Å². The lowest BCUT2D eigenvalue weighted by atomic mass is 9.95. The van der Waals surface area contributed by atoms with E-state index in [1.807, 2.05) is 20.8 Å². The van der Waals surface area contributed by atoms with E-state index in [-0.39, 0.29) is 30.3 Å². The zero-order valence-electron chi connectivity index (χ0n) is 11.4. The van der Waals surface area contributed by atoms with Gasteiger partial charge in [-0.25, -0.2) is 0 Å². The van der Waals surface area contributed by atoms with Crippen LogP contribution in [0.5, 0.6) is 0 Å². The van der Waals surface area contributed by atoms with E-state index in [1.54, 1.807) is 4.90 Å². The Bertz CT molecular complexity index is 303. The molecular weight excluding hydrogens is 234 g/mol. The van der Waals surface area contributed by atoms with Gasteiger partial charge in [0.1, 0.15) is 0 Å². The Balaban J connectivity index is 2.68. The highest BCUT2D eigenvalue weighted by molar-refractivity contribution is 5.80.